The molecular weight excluding hydrogens is 336 g/mol. The molecular formula is C16H17ClN2O3S. The molecule has 122 valence electrons. The lowest BCUT2D eigenvalue weighted by atomic mass is 10.1. The zero-order valence-electron chi connectivity index (χ0n) is 12.5. The van der Waals surface area contributed by atoms with Gasteiger partial charge in [-0.3, -0.25) is 9.52 Å². The molecule has 0 aliphatic heterocycles. The topological polar surface area (TPSA) is 75.3 Å². The molecule has 5 nitrogen and oxygen atoms in total. The lowest BCUT2D eigenvalue weighted by Crippen LogP contribution is -2.25. The summed E-state index contributed by atoms with van der Waals surface area (Å²) in [6, 6.07) is 14.1. The number of carbonyl (C=O) groups is 1. The van der Waals surface area contributed by atoms with Gasteiger partial charge in [-0.15, -0.1) is 0 Å². The second-order valence-electron chi connectivity index (χ2n) is 5.08. The summed E-state index contributed by atoms with van der Waals surface area (Å²) in [7, 11) is -3.37. The zero-order chi connectivity index (χ0) is 16.9. The number of sulfonamides is 1. The van der Waals surface area contributed by atoms with Gasteiger partial charge in [0.1, 0.15) is 0 Å². The van der Waals surface area contributed by atoms with Gasteiger partial charge in [-0.25, -0.2) is 8.42 Å². The summed E-state index contributed by atoms with van der Waals surface area (Å²) < 4.78 is 25.1. The van der Waals surface area contributed by atoms with Crippen molar-refractivity contribution in [1.82, 2.24) is 5.32 Å². The van der Waals surface area contributed by atoms with Gasteiger partial charge in [0.25, 0.3) is 0 Å². The molecule has 0 radical (unpaired) electrons. The van der Waals surface area contributed by atoms with E-state index in [1.807, 2.05) is 6.07 Å². The van der Waals surface area contributed by atoms with Gasteiger partial charge >= 0.3 is 0 Å². The van der Waals surface area contributed by atoms with E-state index in [1.165, 1.54) is 0 Å². The number of anilines is 1. The van der Waals surface area contributed by atoms with Crippen LogP contribution >= 0.6 is 11.6 Å². The first-order valence-corrected chi connectivity index (χ1v) is 9.18. The molecule has 0 aliphatic carbocycles. The van der Waals surface area contributed by atoms with Gasteiger partial charge < -0.3 is 5.32 Å². The zero-order valence-corrected chi connectivity index (χ0v) is 14.1. The second-order valence-corrected chi connectivity index (χ2v) is 7.23. The van der Waals surface area contributed by atoms with E-state index in [0.717, 1.165) is 11.8 Å². The number of halogens is 1. The van der Waals surface area contributed by atoms with Crippen LogP contribution in [-0.2, 0) is 27.8 Å². The Hall–Kier alpha value is -2.05. The molecule has 2 aromatic carbocycles. The van der Waals surface area contributed by atoms with Crippen molar-refractivity contribution >= 4 is 33.2 Å². The van der Waals surface area contributed by atoms with Crippen LogP contribution in [0.4, 0.5) is 5.69 Å². The Morgan fingerprint density at radius 1 is 1.04 bits per heavy atom. The highest BCUT2D eigenvalue weighted by Crippen LogP contribution is 2.17. The number of hydrogen-bond donors (Lipinski definition) is 2. The molecule has 0 saturated carbocycles. The fourth-order valence-corrected chi connectivity index (χ4v) is 2.85. The third-order valence-electron chi connectivity index (χ3n) is 3.10. The monoisotopic (exact) mass is 352 g/mol. The molecule has 0 saturated heterocycles. The van der Waals surface area contributed by atoms with E-state index in [2.05, 4.69) is 10.0 Å². The highest BCUT2D eigenvalue weighted by Gasteiger charge is 2.10. The summed E-state index contributed by atoms with van der Waals surface area (Å²) >= 11 is 6.03. The van der Waals surface area contributed by atoms with Gasteiger partial charge in [-0.1, -0.05) is 48.0 Å². The van der Waals surface area contributed by atoms with Crippen LogP contribution in [0.15, 0.2) is 48.5 Å². The molecule has 23 heavy (non-hydrogen) atoms. The molecule has 2 N–H and O–H groups in total. The largest absolute Gasteiger partial charge is 0.352 e. The minimum absolute atomic E-state index is 0.168. The Labute approximate surface area is 140 Å². The summed E-state index contributed by atoms with van der Waals surface area (Å²) in [6.45, 7) is 0.224. The van der Waals surface area contributed by atoms with E-state index in [-0.39, 0.29) is 18.9 Å². The van der Waals surface area contributed by atoms with Crippen molar-refractivity contribution < 1.29 is 13.2 Å². The van der Waals surface area contributed by atoms with E-state index >= 15 is 0 Å². The first-order valence-electron chi connectivity index (χ1n) is 6.91. The van der Waals surface area contributed by atoms with Crippen LogP contribution in [0.3, 0.4) is 0 Å². The Kier molecular flexibility index (Phi) is 5.63. The van der Waals surface area contributed by atoms with Crippen LogP contribution in [-0.4, -0.2) is 20.6 Å². The lowest BCUT2D eigenvalue weighted by molar-refractivity contribution is -0.120. The maximum absolute atomic E-state index is 12.0. The van der Waals surface area contributed by atoms with E-state index in [4.69, 9.17) is 11.6 Å². The van der Waals surface area contributed by atoms with Gasteiger partial charge in [0.2, 0.25) is 15.9 Å². The molecule has 0 atom stereocenters. The van der Waals surface area contributed by atoms with E-state index in [9.17, 15) is 13.2 Å². The van der Waals surface area contributed by atoms with Crippen molar-refractivity contribution in [1.29, 1.82) is 0 Å². The van der Waals surface area contributed by atoms with Gasteiger partial charge in [-0.05, 0) is 23.3 Å². The Balaban J connectivity index is 2.01. The van der Waals surface area contributed by atoms with Crippen LogP contribution in [0.25, 0.3) is 0 Å². The van der Waals surface area contributed by atoms with Crippen molar-refractivity contribution in [3.8, 4) is 0 Å². The fraction of sp³-hybridized carbons (Fsp3) is 0.188. The van der Waals surface area contributed by atoms with Crippen molar-refractivity contribution in [2.24, 2.45) is 0 Å². The molecule has 0 heterocycles. The fourth-order valence-electron chi connectivity index (χ4n) is 2.04. The molecule has 0 aliphatic rings. The molecule has 7 heteroatoms. The summed E-state index contributed by atoms with van der Waals surface area (Å²) in [5, 5.41) is 3.31. The first kappa shape index (κ1) is 17.3. The molecule has 0 unspecified atom stereocenters. The average molecular weight is 353 g/mol. The summed E-state index contributed by atoms with van der Waals surface area (Å²) in [4.78, 5) is 12.0. The number of benzene rings is 2. The molecule has 2 aromatic rings. The Bertz CT molecular complexity index is 806. The third kappa shape index (κ3) is 5.58. The SMILES string of the molecule is CS(=O)(=O)Nc1ccccc1CNC(=O)Cc1ccccc1Cl. The number of amides is 1. The van der Waals surface area contributed by atoms with Crippen LogP contribution < -0.4 is 10.0 Å². The standard InChI is InChI=1S/C16H17ClN2O3S/c1-23(21,22)19-15-9-5-3-7-13(15)11-18-16(20)10-12-6-2-4-8-14(12)17/h2-9,19H,10-11H2,1H3,(H,18,20). The number of nitrogens with one attached hydrogen (secondary N) is 2. The van der Waals surface area contributed by atoms with Crippen LogP contribution in [0, 0.1) is 0 Å². The van der Waals surface area contributed by atoms with Gasteiger partial charge in [-0.2, -0.15) is 0 Å². The molecule has 2 rings (SSSR count). The van der Waals surface area contributed by atoms with E-state index in [1.54, 1.807) is 42.5 Å². The first-order chi connectivity index (χ1) is 10.8. The van der Waals surface area contributed by atoms with Crippen LogP contribution in [0.5, 0.6) is 0 Å². The van der Waals surface area contributed by atoms with Crippen molar-refractivity contribution in [3.63, 3.8) is 0 Å². The molecule has 0 aromatic heterocycles. The van der Waals surface area contributed by atoms with E-state index in [0.29, 0.717) is 16.3 Å². The van der Waals surface area contributed by atoms with Gasteiger partial charge in [0.15, 0.2) is 0 Å². The van der Waals surface area contributed by atoms with Crippen molar-refractivity contribution in [3.05, 3.63) is 64.7 Å². The minimum Gasteiger partial charge on any atom is -0.352 e. The van der Waals surface area contributed by atoms with Gasteiger partial charge in [0, 0.05) is 11.6 Å². The van der Waals surface area contributed by atoms with Crippen LogP contribution in [0.2, 0.25) is 5.02 Å². The lowest BCUT2D eigenvalue weighted by Gasteiger charge is -2.12. The highest BCUT2D eigenvalue weighted by atomic mass is 35.5. The van der Waals surface area contributed by atoms with E-state index < -0.39 is 10.0 Å². The molecule has 0 fully saturated rings. The summed E-state index contributed by atoms with van der Waals surface area (Å²) in [5.74, 6) is -0.188. The average Bonchev–Trinajstić information content (AvgIpc) is 2.47. The maximum atomic E-state index is 12.0. The second kappa shape index (κ2) is 7.48. The third-order valence-corrected chi connectivity index (χ3v) is 4.06. The Morgan fingerprint density at radius 2 is 1.65 bits per heavy atom. The minimum atomic E-state index is -3.37. The predicted molar refractivity (Wildman–Crippen MR) is 91.9 cm³/mol. The van der Waals surface area contributed by atoms with Gasteiger partial charge in [0.05, 0.1) is 18.4 Å². The van der Waals surface area contributed by atoms with Crippen molar-refractivity contribution in [2.45, 2.75) is 13.0 Å². The summed E-state index contributed by atoms with van der Waals surface area (Å²) in [6.07, 6.45) is 1.25. The normalized spacial score (nSPS) is 11.0. The van der Waals surface area contributed by atoms with Crippen LogP contribution in [0.1, 0.15) is 11.1 Å². The molecule has 1 amide bonds. The predicted octanol–water partition coefficient (Wildman–Crippen LogP) is 2.57. The Morgan fingerprint density at radius 3 is 2.30 bits per heavy atom. The number of hydrogen-bond acceptors (Lipinski definition) is 3. The summed E-state index contributed by atoms with van der Waals surface area (Å²) in [5.41, 5.74) is 1.88. The number of carbonyl (C=O) groups excluding carboxylic acids is 1. The number of para-hydroxylation sites is 1. The smallest absolute Gasteiger partial charge is 0.229 e. The number of rotatable bonds is 6. The maximum Gasteiger partial charge on any atom is 0.229 e. The highest BCUT2D eigenvalue weighted by molar-refractivity contribution is 7.92. The molecule has 0 bridgehead atoms. The quantitative estimate of drug-likeness (QED) is 0.839. The molecule has 0 spiro atoms. The van der Waals surface area contributed by atoms with Crippen molar-refractivity contribution in [2.75, 3.05) is 11.0 Å².